The number of aryl methyl sites for hydroxylation is 1. The van der Waals surface area contributed by atoms with Crippen LogP contribution in [0.5, 0.6) is 0 Å². The monoisotopic (exact) mass is 344 g/mol. The molecular formula is C19H28N4O2. The summed E-state index contributed by atoms with van der Waals surface area (Å²) < 4.78 is 0. The lowest BCUT2D eigenvalue weighted by molar-refractivity contribution is -0.126. The number of aromatic nitrogens is 1. The van der Waals surface area contributed by atoms with Crippen LogP contribution < -0.4 is 10.6 Å². The summed E-state index contributed by atoms with van der Waals surface area (Å²) in [7, 11) is 0. The SMILES string of the molecule is Cc1cccc(NC(=O)[C@@H]2CCCN(CC(=O)NC3CCCC3)C2)n1. The Morgan fingerprint density at radius 2 is 2.00 bits per heavy atom. The molecule has 1 aromatic heterocycles. The van der Waals surface area contributed by atoms with Crippen LogP contribution in [0.4, 0.5) is 5.82 Å². The van der Waals surface area contributed by atoms with Gasteiger partial charge in [-0.05, 0) is 51.3 Å². The highest BCUT2D eigenvalue weighted by atomic mass is 16.2. The number of amides is 2. The largest absolute Gasteiger partial charge is 0.352 e. The van der Waals surface area contributed by atoms with Gasteiger partial charge in [0.15, 0.2) is 0 Å². The molecule has 0 spiro atoms. The Morgan fingerprint density at radius 1 is 1.20 bits per heavy atom. The van der Waals surface area contributed by atoms with Crippen LogP contribution in [0.3, 0.4) is 0 Å². The van der Waals surface area contributed by atoms with Gasteiger partial charge in [-0.2, -0.15) is 0 Å². The third-order valence-electron chi connectivity index (χ3n) is 5.10. The summed E-state index contributed by atoms with van der Waals surface area (Å²) in [6.45, 7) is 3.81. The summed E-state index contributed by atoms with van der Waals surface area (Å²) in [4.78, 5) is 31.1. The maximum atomic E-state index is 12.5. The van der Waals surface area contributed by atoms with Crippen LogP contribution in [0.25, 0.3) is 0 Å². The molecule has 1 atom stereocenters. The Bertz CT molecular complexity index is 613. The van der Waals surface area contributed by atoms with Gasteiger partial charge in [-0.1, -0.05) is 18.9 Å². The molecule has 6 heteroatoms. The van der Waals surface area contributed by atoms with Crippen LogP contribution in [0.15, 0.2) is 18.2 Å². The number of likely N-dealkylation sites (tertiary alicyclic amines) is 1. The highest BCUT2D eigenvalue weighted by Crippen LogP contribution is 2.19. The van der Waals surface area contributed by atoms with Crippen molar-refractivity contribution >= 4 is 17.6 Å². The van der Waals surface area contributed by atoms with E-state index in [0.717, 1.165) is 37.9 Å². The fourth-order valence-electron chi connectivity index (χ4n) is 3.80. The summed E-state index contributed by atoms with van der Waals surface area (Å²) in [6.07, 6.45) is 6.42. The molecule has 2 N–H and O–H groups in total. The summed E-state index contributed by atoms with van der Waals surface area (Å²) >= 11 is 0. The topological polar surface area (TPSA) is 74.3 Å². The van der Waals surface area contributed by atoms with Crippen LogP contribution in [0.2, 0.25) is 0 Å². The number of nitrogens with zero attached hydrogens (tertiary/aromatic N) is 2. The lowest BCUT2D eigenvalue weighted by atomic mass is 9.97. The van der Waals surface area contributed by atoms with E-state index in [9.17, 15) is 9.59 Å². The maximum Gasteiger partial charge on any atom is 0.234 e. The van der Waals surface area contributed by atoms with Gasteiger partial charge in [0.05, 0.1) is 12.5 Å². The zero-order valence-corrected chi connectivity index (χ0v) is 15.0. The molecule has 1 aliphatic heterocycles. The normalized spacial score (nSPS) is 21.9. The first kappa shape index (κ1) is 17.9. The molecule has 0 bridgehead atoms. The minimum Gasteiger partial charge on any atom is -0.352 e. The third-order valence-corrected chi connectivity index (χ3v) is 5.10. The van der Waals surface area contributed by atoms with Crippen molar-refractivity contribution < 1.29 is 9.59 Å². The van der Waals surface area contributed by atoms with Crippen molar-refractivity contribution in [2.75, 3.05) is 25.0 Å². The van der Waals surface area contributed by atoms with Crippen LogP contribution >= 0.6 is 0 Å². The van der Waals surface area contributed by atoms with Gasteiger partial charge < -0.3 is 10.6 Å². The Kier molecular flexibility index (Phi) is 6.02. The Morgan fingerprint density at radius 3 is 2.76 bits per heavy atom. The van der Waals surface area contributed by atoms with Gasteiger partial charge in [0.1, 0.15) is 5.82 Å². The summed E-state index contributed by atoms with van der Waals surface area (Å²) in [5.41, 5.74) is 0.881. The van der Waals surface area contributed by atoms with Gasteiger partial charge in [0, 0.05) is 18.3 Å². The van der Waals surface area contributed by atoms with Crippen molar-refractivity contribution in [2.45, 2.75) is 51.5 Å². The first-order valence-corrected chi connectivity index (χ1v) is 9.36. The van der Waals surface area contributed by atoms with Crippen molar-refractivity contribution in [1.82, 2.24) is 15.2 Å². The highest BCUT2D eigenvalue weighted by molar-refractivity contribution is 5.92. The predicted octanol–water partition coefficient (Wildman–Crippen LogP) is 2.10. The molecule has 0 unspecified atom stereocenters. The van der Waals surface area contributed by atoms with Crippen molar-refractivity contribution in [2.24, 2.45) is 5.92 Å². The average molecular weight is 344 g/mol. The van der Waals surface area contributed by atoms with E-state index in [1.807, 2.05) is 19.1 Å². The number of hydrogen-bond acceptors (Lipinski definition) is 4. The smallest absolute Gasteiger partial charge is 0.234 e. The number of pyridine rings is 1. The van der Waals surface area contributed by atoms with Crippen molar-refractivity contribution in [3.8, 4) is 0 Å². The predicted molar refractivity (Wildman–Crippen MR) is 97.2 cm³/mol. The molecule has 136 valence electrons. The van der Waals surface area contributed by atoms with E-state index in [-0.39, 0.29) is 17.7 Å². The second kappa shape index (κ2) is 8.43. The molecule has 2 heterocycles. The number of piperidine rings is 1. The molecule has 3 rings (SSSR count). The number of hydrogen-bond donors (Lipinski definition) is 2. The lowest BCUT2D eigenvalue weighted by Gasteiger charge is -2.31. The maximum absolute atomic E-state index is 12.5. The average Bonchev–Trinajstić information content (AvgIpc) is 3.08. The van der Waals surface area contributed by atoms with E-state index in [1.165, 1.54) is 12.8 Å². The minimum absolute atomic E-state index is 0.000925. The van der Waals surface area contributed by atoms with Gasteiger partial charge in [-0.25, -0.2) is 4.98 Å². The lowest BCUT2D eigenvalue weighted by Crippen LogP contribution is -2.46. The van der Waals surface area contributed by atoms with Crippen molar-refractivity contribution in [1.29, 1.82) is 0 Å². The van der Waals surface area contributed by atoms with E-state index in [4.69, 9.17) is 0 Å². The fourth-order valence-corrected chi connectivity index (χ4v) is 3.80. The fraction of sp³-hybridized carbons (Fsp3) is 0.632. The number of carbonyl (C=O) groups is 2. The van der Waals surface area contributed by atoms with Gasteiger partial charge in [-0.15, -0.1) is 0 Å². The van der Waals surface area contributed by atoms with Crippen LogP contribution in [0, 0.1) is 12.8 Å². The van der Waals surface area contributed by atoms with Crippen LogP contribution in [-0.4, -0.2) is 47.4 Å². The number of carbonyl (C=O) groups excluding carboxylic acids is 2. The highest BCUT2D eigenvalue weighted by Gasteiger charge is 2.27. The Hall–Kier alpha value is -1.95. The summed E-state index contributed by atoms with van der Waals surface area (Å²) in [6, 6.07) is 5.95. The molecule has 0 radical (unpaired) electrons. The molecule has 0 aromatic carbocycles. The van der Waals surface area contributed by atoms with Gasteiger partial charge in [0.2, 0.25) is 11.8 Å². The molecule has 2 fully saturated rings. The molecule has 1 saturated carbocycles. The zero-order chi connectivity index (χ0) is 17.6. The summed E-state index contributed by atoms with van der Waals surface area (Å²) in [5, 5.41) is 6.03. The van der Waals surface area contributed by atoms with Crippen LogP contribution in [0.1, 0.15) is 44.2 Å². The molecular weight excluding hydrogens is 316 g/mol. The quantitative estimate of drug-likeness (QED) is 0.858. The van der Waals surface area contributed by atoms with Gasteiger partial charge in [0.25, 0.3) is 0 Å². The number of rotatable bonds is 5. The first-order chi connectivity index (χ1) is 12.1. The standard InChI is InChI=1S/C19H28N4O2/c1-14-6-4-10-17(20-14)22-19(25)15-7-5-11-23(12-15)13-18(24)21-16-8-2-3-9-16/h4,6,10,15-16H,2-3,5,7-9,11-13H2,1H3,(H,21,24)(H,20,22,25)/t15-/m1/s1. The second-order valence-electron chi connectivity index (χ2n) is 7.28. The molecule has 1 saturated heterocycles. The molecule has 6 nitrogen and oxygen atoms in total. The number of nitrogens with one attached hydrogen (secondary N) is 2. The van der Waals surface area contributed by atoms with E-state index in [2.05, 4.69) is 20.5 Å². The van der Waals surface area contributed by atoms with Crippen molar-refractivity contribution in [3.05, 3.63) is 23.9 Å². The van der Waals surface area contributed by atoms with Crippen LogP contribution in [-0.2, 0) is 9.59 Å². The molecule has 25 heavy (non-hydrogen) atoms. The van der Waals surface area contributed by atoms with E-state index in [0.29, 0.717) is 24.9 Å². The first-order valence-electron chi connectivity index (χ1n) is 9.36. The molecule has 2 amide bonds. The van der Waals surface area contributed by atoms with E-state index >= 15 is 0 Å². The minimum atomic E-state index is -0.0876. The second-order valence-corrected chi connectivity index (χ2v) is 7.28. The Balaban J connectivity index is 1.48. The van der Waals surface area contributed by atoms with E-state index in [1.54, 1.807) is 6.07 Å². The van der Waals surface area contributed by atoms with E-state index < -0.39 is 0 Å². The Labute approximate surface area is 149 Å². The number of anilines is 1. The third kappa shape index (κ3) is 5.26. The molecule has 1 aromatic rings. The van der Waals surface area contributed by atoms with Gasteiger partial charge in [-0.3, -0.25) is 14.5 Å². The molecule has 1 aliphatic carbocycles. The summed E-state index contributed by atoms with van der Waals surface area (Å²) in [5.74, 6) is 0.601. The molecule has 2 aliphatic rings. The van der Waals surface area contributed by atoms with Crippen molar-refractivity contribution in [3.63, 3.8) is 0 Å². The van der Waals surface area contributed by atoms with Gasteiger partial charge >= 0.3 is 0 Å². The zero-order valence-electron chi connectivity index (χ0n) is 15.0.